The number of nitrogens with one attached hydrogen (secondary N) is 2. The van der Waals surface area contributed by atoms with Gasteiger partial charge in [0.05, 0.1) is 6.42 Å². The molecule has 4 heteroatoms. The van der Waals surface area contributed by atoms with E-state index in [0.717, 1.165) is 11.3 Å². The molecule has 1 aromatic heterocycles. The maximum atomic E-state index is 11.6. The number of amides is 1. The third-order valence-electron chi connectivity index (χ3n) is 2.44. The number of hydrogen-bond acceptors (Lipinski definition) is 3. The molecule has 1 unspecified atom stereocenters. The van der Waals surface area contributed by atoms with Crippen molar-refractivity contribution >= 4 is 5.91 Å². The van der Waals surface area contributed by atoms with Gasteiger partial charge in [-0.05, 0) is 32.5 Å². The second kappa shape index (κ2) is 6.23. The van der Waals surface area contributed by atoms with Crippen LogP contribution in [0.25, 0.3) is 0 Å². The Kier molecular flexibility index (Phi) is 4.92. The molecular weight excluding hydrogens is 202 g/mol. The van der Waals surface area contributed by atoms with Crippen molar-refractivity contribution in [3.05, 3.63) is 29.6 Å². The number of aryl methyl sites for hydroxylation is 1. The maximum Gasteiger partial charge on any atom is 0.224 e. The van der Waals surface area contributed by atoms with Crippen LogP contribution in [0.2, 0.25) is 0 Å². The third-order valence-corrected chi connectivity index (χ3v) is 2.44. The quantitative estimate of drug-likeness (QED) is 0.768. The first-order valence-corrected chi connectivity index (χ1v) is 5.47. The molecule has 1 rings (SSSR count). The zero-order chi connectivity index (χ0) is 12.0. The molecule has 2 N–H and O–H groups in total. The SMILES string of the molecule is CNC(C)CNC(=O)Cc1ccc(C)nc1. The summed E-state index contributed by atoms with van der Waals surface area (Å²) in [5, 5.41) is 5.93. The second-order valence-electron chi connectivity index (χ2n) is 3.98. The number of nitrogens with zero attached hydrogens (tertiary/aromatic N) is 1. The van der Waals surface area contributed by atoms with Crippen LogP contribution in [0.1, 0.15) is 18.2 Å². The Morgan fingerprint density at radius 1 is 1.50 bits per heavy atom. The Morgan fingerprint density at radius 2 is 2.25 bits per heavy atom. The number of rotatable bonds is 5. The van der Waals surface area contributed by atoms with Gasteiger partial charge in [-0.2, -0.15) is 0 Å². The molecule has 1 amide bonds. The summed E-state index contributed by atoms with van der Waals surface area (Å²) >= 11 is 0. The van der Waals surface area contributed by atoms with Gasteiger partial charge in [-0.25, -0.2) is 0 Å². The number of carbonyl (C=O) groups is 1. The van der Waals surface area contributed by atoms with Crippen LogP contribution in [-0.4, -0.2) is 30.5 Å². The van der Waals surface area contributed by atoms with Crippen LogP contribution in [0.4, 0.5) is 0 Å². The van der Waals surface area contributed by atoms with Crippen molar-refractivity contribution < 1.29 is 4.79 Å². The Hall–Kier alpha value is -1.42. The molecule has 0 aliphatic heterocycles. The molecule has 0 saturated heterocycles. The standard InChI is InChI=1S/C12H19N3O/c1-9-4-5-11(8-14-9)6-12(16)15-7-10(2)13-3/h4-5,8,10,13H,6-7H2,1-3H3,(H,15,16). The zero-order valence-corrected chi connectivity index (χ0v) is 10.1. The lowest BCUT2D eigenvalue weighted by molar-refractivity contribution is -0.120. The highest BCUT2D eigenvalue weighted by molar-refractivity contribution is 5.78. The summed E-state index contributed by atoms with van der Waals surface area (Å²) in [6, 6.07) is 4.14. The van der Waals surface area contributed by atoms with Gasteiger partial charge in [-0.3, -0.25) is 9.78 Å². The smallest absolute Gasteiger partial charge is 0.224 e. The Balaban J connectivity index is 2.37. The zero-order valence-electron chi connectivity index (χ0n) is 10.1. The van der Waals surface area contributed by atoms with Crippen LogP contribution in [0.15, 0.2) is 18.3 Å². The lowest BCUT2D eigenvalue weighted by Gasteiger charge is -2.11. The lowest BCUT2D eigenvalue weighted by atomic mass is 10.2. The summed E-state index contributed by atoms with van der Waals surface area (Å²) in [5.74, 6) is 0.0350. The molecule has 0 aromatic carbocycles. The molecule has 4 nitrogen and oxygen atoms in total. The van der Waals surface area contributed by atoms with Crippen LogP contribution in [0.5, 0.6) is 0 Å². The van der Waals surface area contributed by atoms with Crippen LogP contribution >= 0.6 is 0 Å². The van der Waals surface area contributed by atoms with Gasteiger partial charge in [0.15, 0.2) is 0 Å². The van der Waals surface area contributed by atoms with Gasteiger partial charge >= 0.3 is 0 Å². The molecule has 16 heavy (non-hydrogen) atoms. The van der Waals surface area contributed by atoms with Crippen LogP contribution in [0, 0.1) is 6.92 Å². The highest BCUT2D eigenvalue weighted by Gasteiger charge is 2.05. The fourth-order valence-electron chi connectivity index (χ4n) is 1.22. The van der Waals surface area contributed by atoms with E-state index in [2.05, 4.69) is 15.6 Å². The topological polar surface area (TPSA) is 54.0 Å². The van der Waals surface area contributed by atoms with Gasteiger partial charge in [-0.15, -0.1) is 0 Å². The van der Waals surface area contributed by atoms with E-state index in [1.807, 2.05) is 33.0 Å². The number of pyridine rings is 1. The highest BCUT2D eigenvalue weighted by Crippen LogP contribution is 2.00. The summed E-state index contributed by atoms with van der Waals surface area (Å²) < 4.78 is 0. The number of likely N-dealkylation sites (N-methyl/N-ethyl adjacent to an activating group) is 1. The van der Waals surface area contributed by atoms with Crippen molar-refractivity contribution in [3.8, 4) is 0 Å². The molecule has 0 saturated carbocycles. The molecule has 0 aliphatic rings. The average Bonchev–Trinajstić information content (AvgIpc) is 2.29. The molecule has 1 atom stereocenters. The Morgan fingerprint density at radius 3 is 2.81 bits per heavy atom. The van der Waals surface area contributed by atoms with Crippen molar-refractivity contribution in [1.82, 2.24) is 15.6 Å². The summed E-state index contributed by atoms with van der Waals surface area (Å²) in [6.07, 6.45) is 2.14. The van der Waals surface area contributed by atoms with Crippen molar-refractivity contribution in [2.24, 2.45) is 0 Å². The molecule has 88 valence electrons. The minimum atomic E-state index is 0.0350. The van der Waals surface area contributed by atoms with E-state index in [-0.39, 0.29) is 5.91 Å². The van der Waals surface area contributed by atoms with Crippen molar-refractivity contribution in [2.45, 2.75) is 26.3 Å². The van der Waals surface area contributed by atoms with E-state index < -0.39 is 0 Å². The van der Waals surface area contributed by atoms with Gasteiger partial charge in [0, 0.05) is 24.5 Å². The van der Waals surface area contributed by atoms with Gasteiger partial charge in [0.25, 0.3) is 0 Å². The van der Waals surface area contributed by atoms with E-state index in [1.54, 1.807) is 6.20 Å². The minimum Gasteiger partial charge on any atom is -0.354 e. The summed E-state index contributed by atoms with van der Waals surface area (Å²) in [5.41, 5.74) is 1.91. The van der Waals surface area contributed by atoms with Crippen molar-refractivity contribution in [3.63, 3.8) is 0 Å². The molecule has 0 spiro atoms. The normalized spacial score (nSPS) is 12.2. The fraction of sp³-hybridized carbons (Fsp3) is 0.500. The molecule has 1 heterocycles. The summed E-state index contributed by atoms with van der Waals surface area (Å²) in [6.45, 7) is 4.60. The van der Waals surface area contributed by atoms with E-state index in [1.165, 1.54) is 0 Å². The lowest BCUT2D eigenvalue weighted by Crippen LogP contribution is -2.37. The first-order valence-electron chi connectivity index (χ1n) is 5.47. The highest BCUT2D eigenvalue weighted by atomic mass is 16.1. The van der Waals surface area contributed by atoms with E-state index in [9.17, 15) is 4.79 Å². The number of aromatic nitrogens is 1. The van der Waals surface area contributed by atoms with Crippen LogP contribution in [0.3, 0.4) is 0 Å². The molecule has 0 fully saturated rings. The Labute approximate surface area is 96.5 Å². The monoisotopic (exact) mass is 221 g/mol. The van der Waals surface area contributed by atoms with Gasteiger partial charge in [0.1, 0.15) is 0 Å². The first kappa shape index (κ1) is 12.6. The summed E-state index contributed by atoms with van der Waals surface area (Å²) in [4.78, 5) is 15.7. The van der Waals surface area contributed by atoms with Gasteiger partial charge < -0.3 is 10.6 Å². The second-order valence-corrected chi connectivity index (χ2v) is 3.98. The van der Waals surface area contributed by atoms with Crippen molar-refractivity contribution in [2.75, 3.05) is 13.6 Å². The van der Waals surface area contributed by atoms with Gasteiger partial charge in [0.2, 0.25) is 5.91 Å². The van der Waals surface area contributed by atoms with E-state index in [0.29, 0.717) is 19.0 Å². The molecular formula is C12H19N3O. The van der Waals surface area contributed by atoms with Crippen LogP contribution in [-0.2, 0) is 11.2 Å². The fourth-order valence-corrected chi connectivity index (χ4v) is 1.22. The first-order chi connectivity index (χ1) is 7.61. The molecule has 0 radical (unpaired) electrons. The molecule has 0 aliphatic carbocycles. The number of hydrogen-bond donors (Lipinski definition) is 2. The van der Waals surface area contributed by atoms with Gasteiger partial charge in [-0.1, -0.05) is 6.07 Å². The molecule has 1 aromatic rings. The van der Waals surface area contributed by atoms with Crippen LogP contribution < -0.4 is 10.6 Å². The minimum absolute atomic E-state index is 0.0350. The van der Waals surface area contributed by atoms with Crippen molar-refractivity contribution in [1.29, 1.82) is 0 Å². The van der Waals surface area contributed by atoms with E-state index >= 15 is 0 Å². The maximum absolute atomic E-state index is 11.6. The average molecular weight is 221 g/mol. The third kappa shape index (κ3) is 4.40. The number of carbonyl (C=O) groups excluding carboxylic acids is 1. The predicted octanol–water partition coefficient (Wildman–Crippen LogP) is 0.657. The predicted molar refractivity (Wildman–Crippen MR) is 64.2 cm³/mol. The molecule has 0 bridgehead atoms. The van der Waals surface area contributed by atoms with E-state index in [4.69, 9.17) is 0 Å². The summed E-state index contributed by atoms with van der Waals surface area (Å²) in [7, 11) is 1.88. The largest absolute Gasteiger partial charge is 0.354 e. The Bertz CT molecular complexity index is 335.